The van der Waals surface area contributed by atoms with Crippen LogP contribution in [0.5, 0.6) is 0 Å². The van der Waals surface area contributed by atoms with Crippen LogP contribution in [0.1, 0.15) is 22.3 Å². The third-order valence-electron chi connectivity index (χ3n) is 16.3. The van der Waals surface area contributed by atoms with Crippen LogP contribution in [-0.2, 0) is 5.41 Å². The van der Waals surface area contributed by atoms with E-state index >= 15 is 0 Å². The van der Waals surface area contributed by atoms with Crippen molar-refractivity contribution in [3.05, 3.63) is 295 Å². The Labute approximate surface area is 428 Å². The average Bonchev–Trinajstić information content (AvgIpc) is 4.20. The van der Waals surface area contributed by atoms with E-state index in [0.29, 0.717) is 0 Å². The van der Waals surface area contributed by atoms with E-state index in [2.05, 4.69) is 287 Å². The Morgan fingerprint density at radius 2 is 0.838 bits per heavy atom. The van der Waals surface area contributed by atoms with Crippen molar-refractivity contribution in [3.63, 3.8) is 0 Å². The lowest BCUT2D eigenvalue weighted by Gasteiger charge is -2.32. The number of para-hydroxylation sites is 4. The van der Waals surface area contributed by atoms with Crippen molar-refractivity contribution in [2.45, 2.75) is 5.41 Å². The van der Waals surface area contributed by atoms with Gasteiger partial charge in [-0.15, -0.1) is 0 Å². The Morgan fingerprint density at radius 1 is 0.311 bits per heavy atom. The highest BCUT2D eigenvalue weighted by Crippen LogP contribution is 2.64. The van der Waals surface area contributed by atoms with Crippen molar-refractivity contribution in [3.8, 4) is 44.8 Å². The monoisotopic (exact) mass is 939 g/mol. The van der Waals surface area contributed by atoms with E-state index in [9.17, 15) is 0 Å². The Morgan fingerprint density at radius 3 is 1.62 bits per heavy atom. The summed E-state index contributed by atoms with van der Waals surface area (Å²) < 4.78 is 4.91. The molecule has 0 atom stereocenters. The molecular weight excluding hydrogens is 895 g/mol. The van der Waals surface area contributed by atoms with Crippen LogP contribution >= 0.6 is 0 Å². The van der Waals surface area contributed by atoms with Gasteiger partial charge in [0, 0.05) is 55.1 Å². The van der Waals surface area contributed by atoms with Gasteiger partial charge in [0.15, 0.2) is 0 Å². The predicted molar refractivity (Wildman–Crippen MR) is 309 cm³/mol. The Kier molecular flexibility index (Phi) is 8.66. The van der Waals surface area contributed by atoms with E-state index in [0.717, 1.165) is 28.3 Å². The van der Waals surface area contributed by atoms with E-state index in [1.165, 1.54) is 110 Å². The van der Waals surface area contributed by atoms with Gasteiger partial charge in [-0.05, 0) is 117 Å². The number of hydrogen-bond donors (Lipinski definition) is 0. The normalized spacial score (nSPS) is 13.0. The molecule has 0 bridgehead atoms. The first kappa shape index (κ1) is 41.0. The van der Waals surface area contributed by atoms with Gasteiger partial charge in [-0.25, -0.2) is 0 Å². The van der Waals surface area contributed by atoms with Gasteiger partial charge in [-0.2, -0.15) is 0 Å². The lowest BCUT2D eigenvalue weighted by Crippen LogP contribution is -2.26. The summed E-state index contributed by atoms with van der Waals surface area (Å²) in [6.45, 7) is 0. The summed E-state index contributed by atoms with van der Waals surface area (Å²) in [7, 11) is 0. The van der Waals surface area contributed by atoms with Gasteiger partial charge in [0.05, 0.1) is 38.9 Å². The van der Waals surface area contributed by atoms with Gasteiger partial charge in [-0.3, -0.25) is 0 Å². The number of hydrogen-bond acceptors (Lipinski definition) is 1. The summed E-state index contributed by atoms with van der Waals surface area (Å²) in [6.07, 6.45) is 0. The molecule has 0 aliphatic heterocycles. The van der Waals surface area contributed by atoms with Crippen LogP contribution in [0.3, 0.4) is 0 Å². The van der Waals surface area contributed by atoms with E-state index < -0.39 is 5.41 Å². The third kappa shape index (κ3) is 5.55. The molecule has 3 heteroatoms. The summed E-state index contributed by atoms with van der Waals surface area (Å²) in [4.78, 5) is 2.54. The van der Waals surface area contributed by atoms with Gasteiger partial charge in [-0.1, -0.05) is 206 Å². The lowest BCUT2D eigenvalue weighted by atomic mass is 9.70. The van der Waals surface area contributed by atoms with Crippen molar-refractivity contribution >= 4 is 71.4 Å². The Hall–Kier alpha value is -9.70. The largest absolute Gasteiger partial charge is 0.310 e. The molecule has 0 fully saturated rings. The van der Waals surface area contributed by atoms with E-state index in [4.69, 9.17) is 0 Å². The minimum Gasteiger partial charge on any atom is -0.310 e. The molecule has 16 rings (SSSR count). The molecular formula is C71H45N3. The maximum atomic E-state index is 2.54. The number of fused-ring (bicyclic) bond motifs is 17. The van der Waals surface area contributed by atoms with E-state index in [1.54, 1.807) is 0 Å². The molecule has 0 saturated carbocycles. The first-order valence-electron chi connectivity index (χ1n) is 25.7. The van der Waals surface area contributed by atoms with Crippen molar-refractivity contribution in [2.75, 3.05) is 4.90 Å². The van der Waals surface area contributed by atoms with Crippen LogP contribution in [0, 0.1) is 0 Å². The average molecular weight is 940 g/mol. The molecule has 2 aromatic heterocycles. The zero-order valence-electron chi connectivity index (χ0n) is 40.3. The van der Waals surface area contributed by atoms with Crippen LogP contribution in [0.15, 0.2) is 273 Å². The fourth-order valence-electron chi connectivity index (χ4n) is 13.4. The van der Waals surface area contributed by atoms with E-state index in [-0.39, 0.29) is 0 Å². The van der Waals surface area contributed by atoms with Crippen LogP contribution in [-0.4, -0.2) is 9.13 Å². The first-order valence-corrected chi connectivity index (χ1v) is 25.7. The standard InChI is InChI=1S/C71H45N3/c1-2-23-48(24-3-1)73-65-38-14-10-30-56(65)59-45-50(42-43-67(59)73)72(68-41-19-37-63-69(68)58-31-8-13-36-62(58)71(63)60-34-11-6-27-53(60)54-28-7-12-35-61(54)71)49-25-16-22-47(44-49)52-32-18-33-57-55-29-9-15-39-66(55)74(70(52)57)64-40-17-21-46-20-4-5-26-51(46)64/h1-45H. The second kappa shape index (κ2) is 15.6. The highest BCUT2D eigenvalue weighted by atomic mass is 15.1. The molecule has 0 unspecified atom stereocenters. The molecule has 0 saturated heterocycles. The van der Waals surface area contributed by atoms with Gasteiger partial charge in [0.25, 0.3) is 0 Å². The second-order valence-corrected chi connectivity index (χ2v) is 19.9. The summed E-state index contributed by atoms with van der Waals surface area (Å²) >= 11 is 0. The summed E-state index contributed by atoms with van der Waals surface area (Å²) in [5, 5.41) is 7.33. The number of nitrogens with zero attached hydrogens (tertiary/aromatic N) is 3. The van der Waals surface area contributed by atoms with Gasteiger partial charge >= 0.3 is 0 Å². The van der Waals surface area contributed by atoms with Crippen LogP contribution in [0.4, 0.5) is 17.1 Å². The quantitative estimate of drug-likeness (QED) is 0.162. The number of anilines is 3. The fraction of sp³-hybridized carbons (Fsp3) is 0.0141. The van der Waals surface area contributed by atoms with Gasteiger partial charge in [0.2, 0.25) is 0 Å². The topological polar surface area (TPSA) is 13.1 Å². The molecule has 3 nitrogen and oxygen atoms in total. The van der Waals surface area contributed by atoms with Gasteiger partial charge in [0.1, 0.15) is 0 Å². The maximum absolute atomic E-state index is 2.54. The van der Waals surface area contributed by atoms with Crippen LogP contribution in [0.2, 0.25) is 0 Å². The molecule has 74 heavy (non-hydrogen) atoms. The van der Waals surface area contributed by atoms with Crippen molar-refractivity contribution < 1.29 is 0 Å². The molecule has 2 aliphatic rings. The minimum atomic E-state index is -0.486. The fourth-order valence-corrected chi connectivity index (χ4v) is 13.4. The first-order chi connectivity index (χ1) is 36.8. The van der Waals surface area contributed by atoms with Crippen molar-refractivity contribution in [2.24, 2.45) is 0 Å². The molecule has 0 amide bonds. The molecule has 344 valence electrons. The summed E-state index contributed by atoms with van der Waals surface area (Å²) in [5.41, 5.74) is 22.6. The van der Waals surface area contributed by atoms with Crippen molar-refractivity contribution in [1.29, 1.82) is 0 Å². The predicted octanol–water partition coefficient (Wildman–Crippen LogP) is 18.5. The van der Waals surface area contributed by atoms with E-state index in [1.807, 2.05) is 0 Å². The van der Waals surface area contributed by atoms with Gasteiger partial charge < -0.3 is 14.0 Å². The Balaban J connectivity index is 0.981. The molecule has 14 aromatic rings. The smallest absolute Gasteiger partial charge is 0.0726 e. The number of rotatable bonds is 6. The highest BCUT2D eigenvalue weighted by molar-refractivity contribution is 6.15. The molecule has 0 N–H and O–H groups in total. The zero-order chi connectivity index (χ0) is 48.5. The number of benzene rings is 12. The SMILES string of the molecule is c1ccc(-n2c3ccccc3c3cc(N(c4cccc(-c5cccc6c7ccccc7n(-c7cccc8ccccc78)c56)c4)c4cccc5c4-c4ccccc4C54c5ccccc5-c5ccccc54)ccc32)cc1. The number of aromatic nitrogens is 2. The maximum Gasteiger partial charge on any atom is 0.0726 e. The molecule has 1 spiro atoms. The zero-order valence-corrected chi connectivity index (χ0v) is 40.3. The lowest BCUT2D eigenvalue weighted by molar-refractivity contribution is 0.794. The second-order valence-electron chi connectivity index (χ2n) is 19.9. The Bertz CT molecular complexity index is 4580. The van der Waals surface area contributed by atoms with Crippen LogP contribution < -0.4 is 4.90 Å². The minimum absolute atomic E-state index is 0.486. The third-order valence-corrected chi connectivity index (χ3v) is 16.3. The summed E-state index contributed by atoms with van der Waals surface area (Å²) in [5.74, 6) is 0. The molecule has 2 heterocycles. The highest BCUT2D eigenvalue weighted by Gasteiger charge is 2.52. The molecule has 0 radical (unpaired) electrons. The molecule has 2 aliphatic carbocycles. The summed E-state index contributed by atoms with van der Waals surface area (Å²) in [6, 6.07) is 102. The molecule has 12 aromatic carbocycles. The van der Waals surface area contributed by atoms with Crippen molar-refractivity contribution in [1.82, 2.24) is 9.13 Å². The van der Waals surface area contributed by atoms with Crippen LogP contribution in [0.25, 0.3) is 99.1 Å².